The zero-order valence-corrected chi connectivity index (χ0v) is 8.29. The lowest BCUT2D eigenvalue weighted by molar-refractivity contribution is 0.208. The number of guanidine groups is 1. The van der Waals surface area contributed by atoms with Crippen molar-refractivity contribution in [1.82, 2.24) is 4.90 Å². The molecule has 0 radical (unpaired) electrons. The lowest BCUT2D eigenvalue weighted by Crippen LogP contribution is -2.33. The predicted octanol–water partition coefficient (Wildman–Crippen LogP) is 0.502. The van der Waals surface area contributed by atoms with Gasteiger partial charge in [0.25, 0.3) is 0 Å². The van der Waals surface area contributed by atoms with Gasteiger partial charge in [-0.15, -0.1) is 0 Å². The molecular formula is C8H18N4O. The highest BCUT2D eigenvalue weighted by Gasteiger charge is 2.09. The van der Waals surface area contributed by atoms with Gasteiger partial charge in [-0.1, -0.05) is 13.8 Å². The van der Waals surface area contributed by atoms with Crippen LogP contribution in [0.1, 0.15) is 26.7 Å². The van der Waals surface area contributed by atoms with Gasteiger partial charge in [-0.3, -0.25) is 0 Å². The van der Waals surface area contributed by atoms with E-state index in [0.717, 1.165) is 12.8 Å². The second-order valence-electron chi connectivity index (χ2n) is 2.81. The molecule has 0 saturated carbocycles. The Labute approximate surface area is 78.8 Å². The number of urea groups is 1. The summed E-state index contributed by atoms with van der Waals surface area (Å²) >= 11 is 0. The summed E-state index contributed by atoms with van der Waals surface area (Å²) in [5.41, 5.74) is 10.2. The van der Waals surface area contributed by atoms with Gasteiger partial charge in [0.2, 0.25) is 0 Å². The zero-order valence-electron chi connectivity index (χ0n) is 8.29. The lowest BCUT2D eigenvalue weighted by atomic mass is 10.4. The van der Waals surface area contributed by atoms with Gasteiger partial charge >= 0.3 is 6.03 Å². The average molecular weight is 186 g/mol. The summed E-state index contributed by atoms with van der Waals surface area (Å²) in [6.07, 6.45) is 1.82. The Morgan fingerprint density at radius 2 is 1.69 bits per heavy atom. The van der Waals surface area contributed by atoms with E-state index in [1.54, 1.807) is 4.90 Å². The minimum Gasteiger partial charge on any atom is -0.370 e. The van der Waals surface area contributed by atoms with Crippen molar-refractivity contribution in [1.29, 1.82) is 0 Å². The number of carbonyl (C=O) groups is 1. The molecule has 0 spiro atoms. The summed E-state index contributed by atoms with van der Waals surface area (Å²) in [5.74, 6) is -0.179. The first-order valence-electron chi connectivity index (χ1n) is 4.50. The number of amides is 2. The molecule has 0 heterocycles. The van der Waals surface area contributed by atoms with E-state index < -0.39 is 0 Å². The summed E-state index contributed by atoms with van der Waals surface area (Å²) in [7, 11) is 0. The van der Waals surface area contributed by atoms with Crippen LogP contribution in [0.4, 0.5) is 4.79 Å². The fourth-order valence-electron chi connectivity index (χ4n) is 1.02. The molecule has 0 unspecified atom stereocenters. The number of rotatable bonds is 4. The van der Waals surface area contributed by atoms with E-state index in [-0.39, 0.29) is 12.0 Å². The van der Waals surface area contributed by atoms with Crippen molar-refractivity contribution in [2.75, 3.05) is 13.1 Å². The number of aliphatic imine (C=N–C) groups is 1. The van der Waals surface area contributed by atoms with Crippen molar-refractivity contribution in [2.45, 2.75) is 26.7 Å². The maximum absolute atomic E-state index is 11.3. The highest BCUT2D eigenvalue weighted by Crippen LogP contribution is 1.97. The normalized spacial score (nSPS) is 9.38. The Hall–Kier alpha value is -1.26. The Morgan fingerprint density at radius 1 is 1.23 bits per heavy atom. The van der Waals surface area contributed by atoms with Gasteiger partial charge in [0.15, 0.2) is 5.96 Å². The second kappa shape index (κ2) is 6.28. The molecule has 76 valence electrons. The summed E-state index contributed by atoms with van der Waals surface area (Å²) < 4.78 is 0. The van der Waals surface area contributed by atoms with E-state index in [1.807, 2.05) is 13.8 Å². The van der Waals surface area contributed by atoms with Crippen LogP contribution >= 0.6 is 0 Å². The van der Waals surface area contributed by atoms with Crippen LogP contribution in [-0.2, 0) is 0 Å². The van der Waals surface area contributed by atoms with Crippen LogP contribution in [-0.4, -0.2) is 30.0 Å². The summed E-state index contributed by atoms with van der Waals surface area (Å²) in [6.45, 7) is 5.41. The maximum Gasteiger partial charge on any atom is 0.346 e. The van der Waals surface area contributed by atoms with Gasteiger partial charge in [-0.25, -0.2) is 4.79 Å². The van der Waals surface area contributed by atoms with Gasteiger partial charge in [-0.2, -0.15) is 4.99 Å². The molecule has 0 atom stereocenters. The molecule has 0 aromatic carbocycles. The van der Waals surface area contributed by atoms with Gasteiger partial charge in [0, 0.05) is 13.1 Å². The largest absolute Gasteiger partial charge is 0.370 e. The van der Waals surface area contributed by atoms with Crippen molar-refractivity contribution in [3.05, 3.63) is 0 Å². The highest BCUT2D eigenvalue weighted by molar-refractivity contribution is 5.90. The molecule has 0 aromatic rings. The van der Waals surface area contributed by atoms with E-state index >= 15 is 0 Å². The minimum absolute atomic E-state index is 0.179. The van der Waals surface area contributed by atoms with Crippen LogP contribution in [0.15, 0.2) is 4.99 Å². The van der Waals surface area contributed by atoms with Gasteiger partial charge < -0.3 is 16.4 Å². The van der Waals surface area contributed by atoms with Gasteiger partial charge in [0.05, 0.1) is 0 Å². The van der Waals surface area contributed by atoms with E-state index in [1.165, 1.54) is 0 Å². The first kappa shape index (κ1) is 11.7. The first-order chi connectivity index (χ1) is 6.11. The SMILES string of the molecule is CCCN(CCC)C(=O)N=C(N)N. The van der Waals surface area contributed by atoms with Gasteiger partial charge in [0.1, 0.15) is 0 Å². The van der Waals surface area contributed by atoms with Crippen LogP contribution in [0.2, 0.25) is 0 Å². The Bertz CT molecular complexity index is 181. The molecule has 0 aliphatic carbocycles. The van der Waals surface area contributed by atoms with Crippen molar-refractivity contribution in [2.24, 2.45) is 16.5 Å². The van der Waals surface area contributed by atoms with E-state index in [0.29, 0.717) is 13.1 Å². The molecule has 5 nitrogen and oxygen atoms in total. The highest BCUT2D eigenvalue weighted by atomic mass is 16.2. The minimum atomic E-state index is -0.344. The Kier molecular flexibility index (Phi) is 5.67. The topological polar surface area (TPSA) is 84.7 Å². The standard InChI is InChI=1S/C8H18N4O/c1-3-5-12(6-4-2)8(13)11-7(9)10/h3-6H2,1-2H3,(H4,9,10,11,13). The van der Waals surface area contributed by atoms with E-state index in [2.05, 4.69) is 4.99 Å². The molecule has 0 fully saturated rings. The number of nitrogens with zero attached hydrogens (tertiary/aromatic N) is 2. The monoisotopic (exact) mass is 186 g/mol. The third-order valence-electron chi connectivity index (χ3n) is 1.48. The number of nitrogens with two attached hydrogens (primary N) is 2. The van der Waals surface area contributed by atoms with Gasteiger partial charge in [-0.05, 0) is 12.8 Å². The van der Waals surface area contributed by atoms with E-state index in [9.17, 15) is 4.79 Å². The zero-order chi connectivity index (χ0) is 10.3. The average Bonchev–Trinajstić information content (AvgIpc) is 2.02. The molecule has 4 N–H and O–H groups in total. The second-order valence-corrected chi connectivity index (χ2v) is 2.81. The first-order valence-corrected chi connectivity index (χ1v) is 4.50. The molecule has 2 amide bonds. The summed E-state index contributed by atoms with van der Waals surface area (Å²) in [6, 6.07) is -0.344. The van der Waals surface area contributed by atoms with Crippen LogP contribution in [0.5, 0.6) is 0 Å². The molecular weight excluding hydrogens is 168 g/mol. The molecule has 0 aliphatic heterocycles. The Balaban J connectivity index is 4.19. The molecule has 5 heteroatoms. The molecule has 0 rings (SSSR count). The molecule has 0 saturated heterocycles. The van der Waals surface area contributed by atoms with Crippen LogP contribution in [0, 0.1) is 0 Å². The lowest BCUT2D eigenvalue weighted by Gasteiger charge is -2.18. The number of hydrogen-bond donors (Lipinski definition) is 2. The molecule has 13 heavy (non-hydrogen) atoms. The van der Waals surface area contributed by atoms with Crippen molar-refractivity contribution in [3.63, 3.8) is 0 Å². The smallest absolute Gasteiger partial charge is 0.346 e. The number of carbonyl (C=O) groups excluding carboxylic acids is 1. The fraction of sp³-hybridized carbons (Fsp3) is 0.750. The third-order valence-corrected chi connectivity index (χ3v) is 1.48. The number of hydrogen-bond acceptors (Lipinski definition) is 1. The van der Waals surface area contributed by atoms with E-state index in [4.69, 9.17) is 11.5 Å². The molecule has 0 aliphatic rings. The predicted molar refractivity (Wildman–Crippen MR) is 53.4 cm³/mol. The summed E-state index contributed by atoms with van der Waals surface area (Å²) in [5, 5.41) is 0. The fourth-order valence-corrected chi connectivity index (χ4v) is 1.02. The van der Waals surface area contributed by atoms with Crippen LogP contribution in [0.3, 0.4) is 0 Å². The quantitative estimate of drug-likeness (QED) is 0.495. The maximum atomic E-state index is 11.3. The van der Waals surface area contributed by atoms with Crippen LogP contribution in [0.25, 0.3) is 0 Å². The summed E-state index contributed by atoms with van der Waals surface area (Å²) in [4.78, 5) is 16.4. The molecule has 0 bridgehead atoms. The Morgan fingerprint density at radius 3 is 2.00 bits per heavy atom. The van der Waals surface area contributed by atoms with Crippen molar-refractivity contribution < 1.29 is 4.79 Å². The van der Waals surface area contributed by atoms with Crippen molar-refractivity contribution in [3.8, 4) is 0 Å². The van der Waals surface area contributed by atoms with Crippen molar-refractivity contribution >= 4 is 12.0 Å². The molecule has 0 aromatic heterocycles. The third kappa shape index (κ3) is 5.05. The van der Waals surface area contributed by atoms with Crippen LogP contribution < -0.4 is 11.5 Å².